The lowest BCUT2D eigenvalue weighted by Crippen LogP contribution is -2.23. The van der Waals surface area contributed by atoms with Gasteiger partial charge in [-0.2, -0.15) is 0 Å². The van der Waals surface area contributed by atoms with E-state index in [1.807, 2.05) is 22.9 Å². The zero-order valence-electron chi connectivity index (χ0n) is 12.0. The molecule has 2 aromatic rings. The molecule has 0 bridgehead atoms. The molecule has 20 heavy (non-hydrogen) atoms. The molecule has 0 spiro atoms. The zero-order chi connectivity index (χ0) is 14.4. The number of methoxy groups -OCH3 is 1. The first-order chi connectivity index (χ1) is 9.76. The molecular formula is C15H21N3O2. The highest BCUT2D eigenvalue weighted by Crippen LogP contribution is 2.20. The van der Waals surface area contributed by atoms with Gasteiger partial charge in [-0.15, -0.1) is 0 Å². The highest BCUT2D eigenvalue weighted by molar-refractivity contribution is 5.85. The summed E-state index contributed by atoms with van der Waals surface area (Å²) in [6.07, 6.45) is 1.96. The Kier molecular flexibility index (Phi) is 5.15. The van der Waals surface area contributed by atoms with Gasteiger partial charge in [-0.1, -0.05) is 12.1 Å². The molecule has 2 N–H and O–H groups in total. The molecular weight excluding hydrogens is 254 g/mol. The highest BCUT2D eigenvalue weighted by Gasteiger charge is 2.07. The fraction of sp³-hybridized carbons (Fsp3) is 0.400. The van der Waals surface area contributed by atoms with Crippen LogP contribution in [0.5, 0.6) is 0 Å². The maximum absolute atomic E-state index is 11.5. The Hall–Kier alpha value is -1.85. The lowest BCUT2D eigenvalue weighted by Gasteiger charge is -2.08. The number of nitrogens with zero attached hydrogens (tertiary/aromatic N) is 1. The Morgan fingerprint density at radius 2 is 2.20 bits per heavy atom. The molecule has 0 fully saturated rings. The van der Waals surface area contributed by atoms with Crippen LogP contribution in [0.25, 0.3) is 10.9 Å². The quantitative estimate of drug-likeness (QED) is 0.745. The predicted octanol–water partition coefficient (Wildman–Crippen LogP) is 1.12. The number of fused-ring (bicyclic) bond motifs is 1. The zero-order valence-corrected chi connectivity index (χ0v) is 12.0. The molecule has 1 amide bonds. The largest absolute Gasteiger partial charge is 0.383 e. The second-order valence-electron chi connectivity index (χ2n) is 4.64. The summed E-state index contributed by atoms with van der Waals surface area (Å²) < 4.78 is 6.98. The molecule has 0 aliphatic carbocycles. The van der Waals surface area contributed by atoms with E-state index in [0.717, 1.165) is 18.6 Å². The van der Waals surface area contributed by atoms with Crippen LogP contribution in [0.3, 0.4) is 0 Å². The standard InChI is InChI=1S/C15H21N3O2/c1-16-15(19)11-18-8-6-13-12(4-3-5-14(13)18)10-17-7-9-20-2/h3-6,8,17H,7,9-11H2,1-2H3,(H,16,19). The van der Waals surface area contributed by atoms with Gasteiger partial charge in [0, 0.05) is 44.3 Å². The molecule has 1 aromatic heterocycles. The van der Waals surface area contributed by atoms with Crippen molar-refractivity contribution in [2.75, 3.05) is 27.3 Å². The Bertz CT molecular complexity index is 578. The molecule has 108 valence electrons. The second-order valence-corrected chi connectivity index (χ2v) is 4.64. The van der Waals surface area contributed by atoms with Crippen LogP contribution in [0.4, 0.5) is 0 Å². The monoisotopic (exact) mass is 275 g/mol. The van der Waals surface area contributed by atoms with Crippen molar-refractivity contribution in [3.63, 3.8) is 0 Å². The number of benzene rings is 1. The van der Waals surface area contributed by atoms with E-state index in [1.54, 1.807) is 14.2 Å². The van der Waals surface area contributed by atoms with E-state index in [9.17, 15) is 4.79 Å². The number of rotatable bonds is 7. The van der Waals surface area contributed by atoms with Gasteiger partial charge < -0.3 is 19.9 Å². The van der Waals surface area contributed by atoms with Crippen LogP contribution in [0.1, 0.15) is 5.56 Å². The molecule has 0 unspecified atom stereocenters. The summed E-state index contributed by atoms with van der Waals surface area (Å²) >= 11 is 0. The van der Waals surface area contributed by atoms with Gasteiger partial charge in [-0.25, -0.2) is 0 Å². The van der Waals surface area contributed by atoms with E-state index < -0.39 is 0 Å². The van der Waals surface area contributed by atoms with Crippen molar-refractivity contribution in [3.05, 3.63) is 36.0 Å². The first kappa shape index (κ1) is 14.6. The number of aromatic nitrogens is 1. The number of hydrogen-bond acceptors (Lipinski definition) is 3. The van der Waals surface area contributed by atoms with Crippen molar-refractivity contribution in [1.82, 2.24) is 15.2 Å². The Morgan fingerprint density at radius 1 is 1.35 bits per heavy atom. The fourth-order valence-electron chi connectivity index (χ4n) is 2.21. The molecule has 0 aliphatic rings. The van der Waals surface area contributed by atoms with Crippen molar-refractivity contribution in [1.29, 1.82) is 0 Å². The van der Waals surface area contributed by atoms with Gasteiger partial charge in [0.25, 0.3) is 0 Å². The normalized spacial score (nSPS) is 10.9. The number of amides is 1. The number of carbonyl (C=O) groups excluding carboxylic acids is 1. The maximum Gasteiger partial charge on any atom is 0.239 e. The Labute approximate surface area is 118 Å². The van der Waals surface area contributed by atoms with E-state index in [0.29, 0.717) is 13.2 Å². The third-order valence-electron chi connectivity index (χ3n) is 3.30. The van der Waals surface area contributed by atoms with E-state index in [4.69, 9.17) is 4.74 Å². The van der Waals surface area contributed by atoms with Crippen LogP contribution >= 0.6 is 0 Å². The SMILES string of the molecule is CNC(=O)Cn1ccc2c(CNCCOC)cccc21. The summed E-state index contributed by atoms with van der Waals surface area (Å²) in [7, 11) is 3.35. The topological polar surface area (TPSA) is 55.3 Å². The second kappa shape index (κ2) is 7.07. The third kappa shape index (κ3) is 3.37. The minimum absolute atomic E-state index is 0.00567. The van der Waals surface area contributed by atoms with E-state index in [1.165, 1.54) is 10.9 Å². The molecule has 5 nitrogen and oxygen atoms in total. The Balaban J connectivity index is 2.14. The fourth-order valence-corrected chi connectivity index (χ4v) is 2.21. The van der Waals surface area contributed by atoms with Gasteiger partial charge in [0.15, 0.2) is 0 Å². The summed E-state index contributed by atoms with van der Waals surface area (Å²) in [5, 5.41) is 7.17. The lowest BCUT2D eigenvalue weighted by atomic mass is 10.1. The number of hydrogen-bond donors (Lipinski definition) is 2. The first-order valence-electron chi connectivity index (χ1n) is 6.73. The molecule has 0 saturated carbocycles. The van der Waals surface area contributed by atoms with Crippen molar-refractivity contribution in [2.45, 2.75) is 13.1 Å². The van der Waals surface area contributed by atoms with Gasteiger partial charge in [-0.05, 0) is 17.7 Å². The smallest absolute Gasteiger partial charge is 0.239 e. The average molecular weight is 275 g/mol. The number of carbonyl (C=O) groups is 1. The highest BCUT2D eigenvalue weighted by atomic mass is 16.5. The minimum Gasteiger partial charge on any atom is -0.383 e. The van der Waals surface area contributed by atoms with Gasteiger partial charge >= 0.3 is 0 Å². The first-order valence-corrected chi connectivity index (χ1v) is 6.73. The summed E-state index contributed by atoms with van der Waals surface area (Å²) in [5.74, 6) is 0.00567. The summed E-state index contributed by atoms with van der Waals surface area (Å²) in [6.45, 7) is 2.67. The van der Waals surface area contributed by atoms with Gasteiger partial charge in [0.2, 0.25) is 5.91 Å². The maximum atomic E-state index is 11.5. The van der Waals surface area contributed by atoms with Gasteiger partial charge in [-0.3, -0.25) is 4.79 Å². The van der Waals surface area contributed by atoms with E-state index >= 15 is 0 Å². The van der Waals surface area contributed by atoms with Crippen molar-refractivity contribution >= 4 is 16.8 Å². The van der Waals surface area contributed by atoms with Crippen LogP contribution in [0.2, 0.25) is 0 Å². The summed E-state index contributed by atoms with van der Waals surface area (Å²) in [6, 6.07) is 8.23. The predicted molar refractivity (Wildman–Crippen MR) is 79.6 cm³/mol. The minimum atomic E-state index is 0.00567. The van der Waals surface area contributed by atoms with E-state index in [2.05, 4.69) is 22.8 Å². The number of ether oxygens (including phenoxy) is 1. The molecule has 0 atom stereocenters. The van der Waals surface area contributed by atoms with Gasteiger partial charge in [0.05, 0.1) is 6.61 Å². The third-order valence-corrected chi connectivity index (χ3v) is 3.30. The molecule has 5 heteroatoms. The molecule has 0 aliphatic heterocycles. The van der Waals surface area contributed by atoms with Crippen LogP contribution in [0.15, 0.2) is 30.5 Å². The molecule has 1 heterocycles. The molecule has 2 rings (SSSR count). The lowest BCUT2D eigenvalue weighted by molar-refractivity contribution is -0.121. The van der Waals surface area contributed by atoms with Crippen LogP contribution in [-0.2, 0) is 22.6 Å². The Morgan fingerprint density at radius 3 is 2.95 bits per heavy atom. The number of nitrogens with one attached hydrogen (secondary N) is 2. The van der Waals surface area contributed by atoms with Crippen molar-refractivity contribution in [3.8, 4) is 0 Å². The summed E-state index contributed by atoms with van der Waals surface area (Å²) in [4.78, 5) is 11.5. The molecule has 0 radical (unpaired) electrons. The van der Waals surface area contributed by atoms with Crippen LogP contribution in [-0.4, -0.2) is 37.8 Å². The number of likely N-dealkylation sites (N-methyl/N-ethyl adjacent to an activating group) is 1. The molecule has 0 saturated heterocycles. The average Bonchev–Trinajstić information content (AvgIpc) is 2.87. The van der Waals surface area contributed by atoms with Crippen LogP contribution in [0, 0.1) is 0 Å². The van der Waals surface area contributed by atoms with E-state index in [-0.39, 0.29) is 5.91 Å². The summed E-state index contributed by atoms with van der Waals surface area (Å²) in [5.41, 5.74) is 2.31. The van der Waals surface area contributed by atoms with Crippen LogP contribution < -0.4 is 10.6 Å². The van der Waals surface area contributed by atoms with Gasteiger partial charge in [0.1, 0.15) is 6.54 Å². The molecule has 1 aromatic carbocycles. The van der Waals surface area contributed by atoms with Crippen molar-refractivity contribution < 1.29 is 9.53 Å². The van der Waals surface area contributed by atoms with Crippen molar-refractivity contribution in [2.24, 2.45) is 0 Å².